The minimum Gasteiger partial charge on any atom is -0.310 e. The van der Waals surface area contributed by atoms with E-state index in [1.54, 1.807) is 0 Å². The first-order chi connectivity index (χ1) is 9.45. The number of nitrogens with zero attached hydrogens (tertiary/aromatic N) is 1. The van der Waals surface area contributed by atoms with Crippen LogP contribution in [0.3, 0.4) is 0 Å². The summed E-state index contributed by atoms with van der Waals surface area (Å²) in [6.07, 6.45) is 2.88. The maximum atomic E-state index is 3.52. The van der Waals surface area contributed by atoms with E-state index in [2.05, 4.69) is 50.9 Å². The van der Waals surface area contributed by atoms with E-state index in [1.807, 2.05) is 11.3 Å². The summed E-state index contributed by atoms with van der Waals surface area (Å²) in [7, 11) is 0. The number of hydrogen-bond acceptors (Lipinski definition) is 3. The summed E-state index contributed by atoms with van der Waals surface area (Å²) in [5.74, 6) is 0.971. The van der Waals surface area contributed by atoms with Crippen molar-refractivity contribution in [1.82, 2.24) is 10.2 Å². The van der Waals surface area contributed by atoms with Gasteiger partial charge >= 0.3 is 0 Å². The van der Waals surface area contributed by atoms with Crippen molar-refractivity contribution in [2.24, 2.45) is 5.92 Å². The zero-order chi connectivity index (χ0) is 14.7. The molecule has 0 bridgehead atoms. The lowest BCUT2D eigenvalue weighted by Crippen LogP contribution is -2.32. The van der Waals surface area contributed by atoms with E-state index in [4.69, 9.17) is 0 Å². The average Bonchev–Trinajstić information content (AvgIpc) is 3.10. The molecule has 1 N–H and O–H groups in total. The fraction of sp³-hybridized carbons (Fsp3) is 0.765. The molecule has 2 rings (SSSR count). The zero-order valence-corrected chi connectivity index (χ0v) is 14.5. The Morgan fingerprint density at radius 3 is 2.55 bits per heavy atom. The first-order valence-corrected chi connectivity index (χ1v) is 8.83. The monoisotopic (exact) mass is 294 g/mol. The van der Waals surface area contributed by atoms with Crippen molar-refractivity contribution in [2.45, 2.75) is 72.6 Å². The van der Waals surface area contributed by atoms with E-state index in [0.29, 0.717) is 12.1 Å². The highest BCUT2D eigenvalue weighted by Crippen LogP contribution is 2.31. The molecular formula is C17H30N2S. The van der Waals surface area contributed by atoms with Crippen LogP contribution < -0.4 is 5.32 Å². The van der Waals surface area contributed by atoms with Gasteiger partial charge in [-0.05, 0) is 51.2 Å². The van der Waals surface area contributed by atoms with Crippen molar-refractivity contribution in [1.29, 1.82) is 0 Å². The van der Waals surface area contributed by atoms with Crippen LogP contribution in [0.25, 0.3) is 0 Å². The Morgan fingerprint density at radius 2 is 2.00 bits per heavy atom. The number of aryl methyl sites for hydroxylation is 1. The largest absolute Gasteiger partial charge is 0.310 e. The van der Waals surface area contributed by atoms with Gasteiger partial charge in [-0.25, -0.2) is 0 Å². The van der Waals surface area contributed by atoms with Crippen LogP contribution in [0.2, 0.25) is 0 Å². The predicted molar refractivity (Wildman–Crippen MR) is 89.3 cm³/mol. The van der Waals surface area contributed by atoms with Gasteiger partial charge in [0.05, 0.1) is 0 Å². The van der Waals surface area contributed by atoms with Gasteiger partial charge in [0.15, 0.2) is 0 Å². The lowest BCUT2D eigenvalue weighted by molar-refractivity contribution is 0.203. The van der Waals surface area contributed by atoms with Gasteiger partial charge < -0.3 is 5.32 Å². The molecule has 20 heavy (non-hydrogen) atoms. The highest BCUT2D eigenvalue weighted by atomic mass is 32.1. The number of nitrogens with one attached hydrogen (secondary N) is 1. The van der Waals surface area contributed by atoms with Gasteiger partial charge in [0.25, 0.3) is 0 Å². The quantitative estimate of drug-likeness (QED) is 0.774. The highest BCUT2D eigenvalue weighted by molar-refractivity contribution is 7.12. The molecule has 0 spiro atoms. The smallest absolute Gasteiger partial charge is 0.0302 e. The zero-order valence-electron chi connectivity index (χ0n) is 13.7. The molecule has 0 aromatic carbocycles. The second kappa shape index (κ2) is 7.06. The SMILES string of the molecule is Cc1sc(CNC(C)C)cc1CN(CC1CC1)C(C)C. The Morgan fingerprint density at radius 1 is 1.30 bits per heavy atom. The molecule has 1 saturated carbocycles. The molecule has 3 heteroatoms. The van der Waals surface area contributed by atoms with Crippen LogP contribution in [-0.4, -0.2) is 23.5 Å². The summed E-state index contributed by atoms with van der Waals surface area (Å²) in [5, 5.41) is 3.52. The molecule has 0 amide bonds. The normalized spacial score (nSPS) is 15.8. The Balaban J connectivity index is 1.95. The standard InChI is InChI=1S/C17H30N2S/c1-12(2)18-9-17-8-16(14(5)20-17)11-19(13(3)4)10-15-6-7-15/h8,12-13,15,18H,6-7,9-11H2,1-5H3. The third kappa shape index (κ3) is 4.87. The Bertz CT molecular complexity index is 419. The van der Waals surface area contributed by atoms with E-state index >= 15 is 0 Å². The van der Waals surface area contributed by atoms with E-state index in [-0.39, 0.29) is 0 Å². The van der Waals surface area contributed by atoms with Gasteiger partial charge in [-0.2, -0.15) is 0 Å². The summed E-state index contributed by atoms with van der Waals surface area (Å²) in [6.45, 7) is 14.7. The molecule has 0 aliphatic heterocycles. The van der Waals surface area contributed by atoms with Crippen LogP contribution >= 0.6 is 11.3 Å². The molecule has 114 valence electrons. The van der Waals surface area contributed by atoms with Crippen molar-refractivity contribution in [3.8, 4) is 0 Å². The molecular weight excluding hydrogens is 264 g/mol. The number of hydrogen-bond donors (Lipinski definition) is 1. The van der Waals surface area contributed by atoms with Gasteiger partial charge in [-0.1, -0.05) is 13.8 Å². The van der Waals surface area contributed by atoms with Crippen LogP contribution in [0.5, 0.6) is 0 Å². The summed E-state index contributed by atoms with van der Waals surface area (Å²) in [5.41, 5.74) is 1.53. The van der Waals surface area contributed by atoms with Gasteiger partial charge in [-0.3, -0.25) is 4.90 Å². The molecule has 0 saturated heterocycles. The average molecular weight is 295 g/mol. The third-order valence-electron chi connectivity index (χ3n) is 4.05. The van der Waals surface area contributed by atoms with Crippen LogP contribution in [0.4, 0.5) is 0 Å². The van der Waals surface area contributed by atoms with Crippen molar-refractivity contribution in [3.05, 3.63) is 21.4 Å². The minimum absolute atomic E-state index is 0.558. The summed E-state index contributed by atoms with van der Waals surface area (Å²) >= 11 is 1.96. The summed E-state index contributed by atoms with van der Waals surface area (Å²) in [6, 6.07) is 3.62. The molecule has 1 aliphatic carbocycles. The Kier molecular flexibility index (Phi) is 5.65. The molecule has 1 heterocycles. The fourth-order valence-electron chi connectivity index (χ4n) is 2.45. The van der Waals surface area contributed by atoms with Crippen molar-refractivity contribution in [3.63, 3.8) is 0 Å². The van der Waals surface area contributed by atoms with Crippen LogP contribution in [0, 0.1) is 12.8 Å². The van der Waals surface area contributed by atoms with E-state index in [0.717, 1.165) is 19.0 Å². The first-order valence-electron chi connectivity index (χ1n) is 8.01. The maximum absolute atomic E-state index is 3.52. The fourth-order valence-corrected chi connectivity index (χ4v) is 3.45. The van der Waals surface area contributed by atoms with E-state index in [9.17, 15) is 0 Å². The molecule has 1 aliphatic rings. The minimum atomic E-state index is 0.558. The summed E-state index contributed by atoms with van der Waals surface area (Å²) < 4.78 is 0. The van der Waals surface area contributed by atoms with Crippen LogP contribution in [0.1, 0.15) is 55.9 Å². The topological polar surface area (TPSA) is 15.3 Å². The lowest BCUT2D eigenvalue weighted by Gasteiger charge is -2.26. The molecule has 1 aromatic heterocycles. The highest BCUT2D eigenvalue weighted by Gasteiger charge is 2.25. The molecule has 0 radical (unpaired) electrons. The Hall–Kier alpha value is -0.380. The van der Waals surface area contributed by atoms with Crippen molar-refractivity contribution in [2.75, 3.05) is 6.54 Å². The second-order valence-corrected chi connectivity index (χ2v) is 8.14. The van der Waals surface area contributed by atoms with Gasteiger partial charge in [0.1, 0.15) is 0 Å². The number of thiophene rings is 1. The Labute approximate surface area is 128 Å². The lowest BCUT2D eigenvalue weighted by atomic mass is 10.2. The number of rotatable bonds is 8. The molecule has 0 unspecified atom stereocenters. The van der Waals surface area contributed by atoms with Crippen molar-refractivity contribution >= 4 is 11.3 Å². The first kappa shape index (κ1) is 16.0. The summed E-state index contributed by atoms with van der Waals surface area (Å²) in [4.78, 5) is 5.61. The van der Waals surface area contributed by atoms with E-state index in [1.165, 1.54) is 34.7 Å². The van der Waals surface area contributed by atoms with Crippen LogP contribution in [0.15, 0.2) is 6.07 Å². The van der Waals surface area contributed by atoms with Crippen LogP contribution in [-0.2, 0) is 13.1 Å². The second-order valence-electron chi connectivity index (χ2n) is 6.80. The van der Waals surface area contributed by atoms with Gasteiger partial charge in [-0.15, -0.1) is 11.3 Å². The molecule has 0 atom stereocenters. The van der Waals surface area contributed by atoms with Gasteiger partial charge in [0, 0.05) is 41.5 Å². The third-order valence-corrected chi connectivity index (χ3v) is 5.14. The van der Waals surface area contributed by atoms with Crippen molar-refractivity contribution < 1.29 is 0 Å². The predicted octanol–water partition coefficient (Wildman–Crippen LogP) is 4.17. The molecule has 1 aromatic rings. The van der Waals surface area contributed by atoms with Gasteiger partial charge in [0.2, 0.25) is 0 Å². The molecule has 2 nitrogen and oxygen atoms in total. The molecule has 1 fully saturated rings. The van der Waals surface area contributed by atoms with E-state index < -0.39 is 0 Å². The maximum Gasteiger partial charge on any atom is 0.0302 e.